The number of hydrogen-bond acceptors (Lipinski definition) is 4. The van der Waals surface area contributed by atoms with E-state index in [9.17, 15) is 18.0 Å². The van der Waals surface area contributed by atoms with Gasteiger partial charge in [0, 0.05) is 6.04 Å². The summed E-state index contributed by atoms with van der Waals surface area (Å²) in [5.74, 6) is -0.642. The zero-order valence-corrected chi connectivity index (χ0v) is 9.58. The van der Waals surface area contributed by atoms with Crippen molar-refractivity contribution in [2.45, 2.75) is 25.6 Å². The Morgan fingerprint density at radius 2 is 2.17 bits per heavy atom. The fourth-order valence-electron chi connectivity index (χ4n) is 1.41. The van der Waals surface area contributed by atoms with E-state index >= 15 is 0 Å². The van der Waals surface area contributed by atoms with E-state index in [-0.39, 0.29) is 17.1 Å². The van der Waals surface area contributed by atoms with Gasteiger partial charge in [0.2, 0.25) is 0 Å². The average molecular weight is 262 g/mol. The Bertz CT molecular complexity index is 447. The maximum absolute atomic E-state index is 12.1. The zero-order valence-electron chi connectivity index (χ0n) is 9.58. The van der Waals surface area contributed by atoms with Gasteiger partial charge in [-0.25, -0.2) is 4.98 Å². The van der Waals surface area contributed by atoms with Crippen LogP contribution in [0.25, 0.3) is 0 Å². The molecule has 1 heterocycles. The SMILES string of the molecule is CC(CC(F)(F)F)Nc1cc(C(N)=O)c(N)cn1. The predicted octanol–water partition coefficient (Wildman–Crippen LogP) is 1.52. The van der Waals surface area contributed by atoms with Crippen LogP contribution in [0.2, 0.25) is 0 Å². The molecule has 100 valence electrons. The van der Waals surface area contributed by atoms with Crippen LogP contribution in [0.1, 0.15) is 23.7 Å². The lowest BCUT2D eigenvalue weighted by atomic mass is 10.2. The van der Waals surface area contributed by atoms with Crippen LogP contribution >= 0.6 is 0 Å². The molecule has 8 heteroatoms. The molecule has 1 aromatic rings. The summed E-state index contributed by atoms with van der Waals surface area (Å²) in [5.41, 5.74) is 10.6. The third kappa shape index (κ3) is 4.11. The molecule has 0 saturated carbocycles. The average Bonchev–Trinajstić information content (AvgIpc) is 2.17. The van der Waals surface area contributed by atoms with E-state index in [0.717, 1.165) is 0 Å². The van der Waals surface area contributed by atoms with Crippen molar-refractivity contribution < 1.29 is 18.0 Å². The van der Waals surface area contributed by atoms with Crippen LogP contribution < -0.4 is 16.8 Å². The topological polar surface area (TPSA) is 94.0 Å². The molecule has 0 aliphatic carbocycles. The zero-order chi connectivity index (χ0) is 13.9. The molecule has 0 aliphatic rings. The van der Waals surface area contributed by atoms with E-state index < -0.39 is 24.5 Å². The highest BCUT2D eigenvalue weighted by Crippen LogP contribution is 2.23. The van der Waals surface area contributed by atoms with E-state index in [2.05, 4.69) is 10.3 Å². The number of pyridine rings is 1. The van der Waals surface area contributed by atoms with E-state index in [4.69, 9.17) is 11.5 Å². The first kappa shape index (κ1) is 14.1. The highest BCUT2D eigenvalue weighted by atomic mass is 19.4. The lowest BCUT2D eigenvalue weighted by Gasteiger charge is -2.16. The lowest BCUT2D eigenvalue weighted by Crippen LogP contribution is -2.24. The van der Waals surface area contributed by atoms with Crippen LogP contribution in [0.4, 0.5) is 24.7 Å². The number of anilines is 2. The van der Waals surface area contributed by atoms with Gasteiger partial charge in [0.25, 0.3) is 5.91 Å². The van der Waals surface area contributed by atoms with Crippen molar-refractivity contribution in [3.63, 3.8) is 0 Å². The van der Waals surface area contributed by atoms with Crippen LogP contribution in [-0.2, 0) is 0 Å². The van der Waals surface area contributed by atoms with Crippen LogP contribution in [0, 0.1) is 0 Å². The Morgan fingerprint density at radius 1 is 1.56 bits per heavy atom. The molecule has 1 amide bonds. The van der Waals surface area contributed by atoms with Crippen LogP contribution in [0.3, 0.4) is 0 Å². The summed E-state index contributed by atoms with van der Waals surface area (Å²) >= 11 is 0. The number of hydrogen-bond donors (Lipinski definition) is 3. The van der Waals surface area contributed by atoms with Crippen molar-refractivity contribution in [3.8, 4) is 0 Å². The first-order valence-electron chi connectivity index (χ1n) is 5.07. The number of amides is 1. The van der Waals surface area contributed by atoms with Crippen molar-refractivity contribution in [2.24, 2.45) is 5.73 Å². The summed E-state index contributed by atoms with van der Waals surface area (Å²) in [5, 5.41) is 2.53. The molecule has 0 aromatic carbocycles. The standard InChI is InChI=1S/C10H13F3N4O/c1-5(3-10(11,12)13)17-8-2-6(9(15)18)7(14)4-16-8/h2,4-5H,3,14H2,1H3,(H2,15,18)(H,16,17). The lowest BCUT2D eigenvalue weighted by molar-refractivity contribution is -0.136. The Balaban J connectivity index is 2.80. The molecule has 0 saturated heterocycles. The van der Waals surface area contributed by atoms with Gasteiger partial charge < -0.3 is 16.8 Å². The van der Waals surface area contributed by atoms with Crippen LogP contribution in [-0.4, -0.2) is 23.1 Å². The summed E-state index contributed by atoms with van der Waals surface area (Å²) in [7, 11) is 0. The number of aromatic nitrogens is 1. The van der Waals surface area contributed by atoms with Crippen molar-refractivity contribution in [3.05, 3.63) is 17.8 Å². The van der Waals surface area contributed by atoms with Gasteiger partial charge in [-0.1, -0.05) is 0 Å². The minimum Gasteiger partial charge on any atom is -0.397 e. The summed E-state index contributed by atoms with van der Waals surface area (Å²) in [6.45, 7) is 1.36. The van der Waals surface area contributed by atoms with Crippen molar-refractivity contribution in [2.75, 3.05) is 11.1 Å². The summed E-state index contributed by atoms with van der Waals surface area (Å²) < 4.78 is 36.4. The highest BCUT2D eigenvalue weighted by molar-refractivity contribution is 5.98. The second-order valence-electron chi connectivity index (χ2n) is 3.89. The van der Waals surface area contributed by atoms with Crippen molar-refractivity contribution >= 4 is 17.4 Å². The number of nitrogen functional groups attached to an aromatic ring is 1. The molecular formula is C10H13F3N4O. The molecule has 18 heavy (non-hydrogen) atoms. The fourth-order valence-corrected chi connectivity index (χ4v) is 1.41. The molecular weight excluding hydrogens is 249 g/mol. The Labute approximate surface area is 101 Å². The number of carbonyl (C=O) groups is 1. The molecule has 1 rings (SSSR count). The molecule has 0 aliphatic heterocycles. The number of halogens is 3. The number of primary amides is 1. The summed E-state index contributed by atoms with van der Waals surface area (Å²) in [4.78, 5) is 14.8. The Hall–Kier alpha value is -1.99. The van der Waals surface area contributed by atoms with E-state index in [1.165, 1.54) is 19.2 Å². The van der Waals surface area contributed by atoms with Gasteiger partial charge in [-0.2, -0.15) is 13.2 Å². The normalized spacial score (nSPS) is 13.1. The number of carbonyl (C=O) groups excluding carboxylic acids is 1. The van der Waals surface area contributed by atoms with Crippen molar-refractivity contribution in [1.82, 2.24) is 4.98 Å². The summed E-state index contributed by atoms with van der Waals surface area (Å²) in [6, 6.07) is 0.353. The van der Waals surface area contributed by atoms with Gasteiger partial charge in [-0.3, -0.25) is 4.79 Å². The molecule has 5 nitrogen and oxygen atoms in total. The molecule has 0 bridgehead atoms. The number of rotatable bonds is 4. The monoisotopic (exact) mass is 262 g/mol. The van der Waals surface area contributed by atoms with Gasteiger partial charge in [-0.15, -0.1) is 0 Å². The molecule has 5 N–H and O–H groups in total. The van der Waals surface area contributed by atoms with Crippen LogP contribution in [0.15, 0.2) is 12.3 Å². The first-order chi connectivity index (χ1) is 8.19. The molecule has 0 radical (unpaired) electrons. The minimum absolute atomic E-state index is 0.0201. The van der Waals surface area contributed by atoms with Gasteiger partial charge in [-0.05, 0) is 13.0 Å². The van der Waals surface area contributed by atoms with Gasteiger partial charge in [0.1, 0.15) is 5.82 Å². The second kappa shape index (κ2) is 5.11. The number of nitrogens with one attached hydrogen (secondary N) is 1. The molecule has 0 fully saturated rings. The third-order valence-corrected chi connectivity index (χ3v) is 2.13. The quantitative estimate of drug-likeness (QED) is 0.766. The Morgan fingerprint density at radius 3 is 2.67 bits per heavy atom. The second-order valence-corrected chi connectivity index (χ2v) is 3.89. The number of alkyl halides is 3. The predicted molar refractivity (Wildman–Crippen MR) is 60.9 cm³/mol. The van der Waals surface area contributed by atoms with Crippen molar-refractivity contribution in [1.29, 1.82) is 0 Å². The smallest absolute Gasteiger partial charge is 0.391 e. The summed E-state index contributed by atoms with van der Waals surface area (Å²) in [6.07, 6.45) is -4.11. The fraction of sp³-hybridized carbons (Fsp3) is 0.400. The van der Waals surface area contributed by atoms with Gasteiger partial charge in [0.15, 0.2) is 0 Å². The third-order valence-electron chi connectivity index (χ3n) is 2.13. The maximum Gasteiger partial charge on any atom is 0.391 e. The van der Waals surface area contributed by atoms with Crippen LogP contribution in [0.5, 0.6) is 0 Å². The van der Waals surface area contributed by atoms with E-state index in [0.29, 0.717) is 0 Å². The highest BCUT2D eigenvalue weighted by Gasteiger charge is 2.30. The first-order valence-corrected chi connectivity index (χ1v) is 5.07. The number of nitrogens with two attached hydrogens (primary N) is 2. The minimum atomic E-state index is -4.27. The molecule has 0 spiro atoms. The molecule has 1 atom stereocenters. The van der Waals surface area contributed by atoms with Gasteiger partial charge in [0.05, 0.1) is 23.9 Å². The molecule has 1 unspecified atom stereocenters. The van der Waals surface area contributed by atoms with E-state index in [1.807, 2.05) is 0 Å². The largest absolute Gasteiger partial charge is 0.397 e. The number of nitrogens with zero attached hydrogens (tertiary/aromatic N) is 1. The van der Waals surface area contributed by atoms with E-state index in [1.54, 1.807) is 0 Å². The molecule has 1 aromatic heterocycles. The van der Waals surface area contributed by atoms with Gasteiger partial charge >= 0.3 is 6.18 Å². The maximum atomic E-state index is 12.1. The Kier molecular flexibility index (Phi) is 4.00.